The van der Waals surface area contributed by atoms with Crippen LogP contribution < -0.4 is 0 Å². The lowest BCUT2D eigenvalue weighted by molar-refractivity contribution is 1.36. The van der Waals surface area contributed by atoms with E-state index in [1.807, 2.05) is 0 Å². The molecule has 0 unspecified atom stereocenters. The molecule has 0 heterocycles. The first kappa shape index (κ1) is 20.2. The highest BCUT2D eigenvalue weighted by atomic mass is 14.2. The maximum atomic E-state index is 2.39. The van der Waals surface area contributed by atoms with E-state index in [0.29, 0.717) is 0 Å². The Morgan fingerprint density at radius 2 is 0.867 bits per heavy atom. The average molecular weight is 391 g/mol. The van der Waals surface area contributed by atoms with E-state index >= 15 is 0 Å². The molecule has 4 aromatic carbocycles. The molecular weight excluding hydrogens is 360 g/mol. The Labute approximate surface area is 181 Å². The van der Waals surface area contributed by atoms with Crippen LogP contribution in [0.1, 0.15) is 33.4 Å². The molecule has 0 bridgehead atoms. The second-order valence-electron chi connectivity index (χ2n) is 8.78. The third kappa shape index (κ3) is 3.96. The number of rotatable bonds is 3. The zero-order valence-electron chi connectivity index (χ0n) is 18.9. The largest absolute Gasteiger partial charge is 0.0617 e. The molecule has 0 amide bonds. The van der Waals surface area contributed by atoms with Crippen LogP contribution in [-0.2, 0) is 0 Å². The van der Waals surface area contributed by atoms with Crippen LogP contribution in [-0.4, -0.2) is 0 Å². The second-order valence-corrected chi connectivity index (χ2v) is 8.78. The van der Waals surface area contributed by atoms with Gasteiger partial charge in [0, 0.05) is 0 Å². The number of hydrogen-bond donors (Lipinski definition) is 0. The highest BCUT2D eigenvalue weighted by Crippen LogP contribution is 2.38. The van der Waals surface area contributed by atoms with Gasteiger partial charge in [0.25, 0.3) is 0 Å². The summed E-state index contributed by atoms with van der Waals surface area (Å²) < 4.78 is 0. The van der Waals surface area contributed by atoms with Crippen molar-refractivity contribution in [3.8, 4) is 33.4 Å². The quantitative estimate of drug-likeness (QED) is 0.329. The van der Waals surface area contributed by atoms with Crippen molar-refractivity contribution in [1.82, 2.24) is 0 Å². The van der Waals surface area contributed by atoms with E-state index in [-0.39, 0.29) is 0 Å². The zero-order chi connectivity index (χ0) is 21.4. The van der Waals surface area contributed by atoms with E-state index in [4.69, 9.17) is 0 Å². The molecule has 0 spiro atoms. The van der Waals surface area contributed by atoms with Gasteiger partial charge in [-0.15, -0.1) is 0 Å². The molecule has 0 radical (unpaired) electrons. The SMILES string of the molecule is Cc1cc(C)cc(-c2ccc(-c3c(C)cccc3C)cc2-c2cc(C)cc(C)c2)c1. The third-order valence-electron chi connectivity index (χ3n) is 5.85. The van der Waals surface area contributed by atoms with Gasteiger partial charge in [-0.05, 0) is 92.1 Å². The van der Waals surface area contributed by atoms with E-state index in [0.717, 1.165) is 0 Å². The fourth-order valence-corrected chi connectivity index (χ4v) is 4.72. The van der Waals surface area contributed by atoms with Gasteiger partial charge in [0.1, 0.15) is 0 Å². The molecule has 150 valence electrons. The van der Waals surface area contributed by atoms with Crippen LogP contribution in [0.15, 0.2) is 72.8 Å². The molecule has 0 heteroatoms. The first-order valence-corrected chi connectivity index (χ1v) is 10.7. The maximum absolute atomic E-state index is 2.39. The van der Waals surface area contributed by atoms with Crippen molar-refractivity contribution in [2.45, 2.75) is 41.5 Å². The van der Waals surface area contributed by atoms with Crippen LogP contribution in [0.25, 0.3) is 33.4 Å². The predicted molar refractivity (Wildman–Crippen MR) is 131 cm³/mol. The smallest absolute Gasteiger partial charge is 0.00990 e. The van der Waals surface area contributed by atoms with Gasteiger partial charge in [0.2, 0.25) is 0 Å². The summed E-state index contributed by atoms with van der Waals surface area (Å²) in [6, 6.07) is 27.2. The Bertz CT molecular complexity index is 1180. The van der Waals surface area contributed by atoms with Crippen molar-refractivity contribution in [2.24, 2.45) is 0 Å². The van der Waals surface area contributed by atoms with Gasteiger partial charge in [0.05, 0.1) is 0 Å². The molecule has 0 aliphatic carbocycles. The Balaban J connectivity index is 2.01. The fraction of sp³-hybridized carbons (Fsp3) is 0.200. The third-order valence-corrected chi connectivity index (χ3v) is 5.85. The Morgan fingerprint density at radius 3 is 1.37 bits per heavy atom. The first-order valence-electron chi connectivity index (χ1n) is 10.7. The minimum Gasteiger partial charge on any atom is -0.0617 e. The van der Waals surface area contributed by atoms with E-state index in [9.17, 15) is 0 Å². The molecule has 4 aromatic rings. The molecule has 0 N–H and O–H groups in total. The summed E-state index contributed by atoms with van der Waals surface area (Å²) >= 11 is 0. The van der Waals surface area contributed by atoms with Gasteiger partial charge in [0.15, 0.2) is 0 Å². The van der Waals surface area contributed by atoms with E-state index in [1.165, 1.54) is 66.8 Å². The number of hydrogen-bond acceptors (Lipinski definition) is 0. The van der Waals surface area contributed by atoms with Crippen LogP contribution in [0.4, 0.5) is 0 Å². The molecular formula is C30H30. The first-order chi connectivity index (χ1) is 14.3. The van der Waals surface area contributed by atoms with Crippen molar-refractivity contribution >= 4 is 0 Å². The van der Waals surface area contributed by atoms with E-state index in [2.05, 4.69) is 114 Å². The van der Waals surface area contributed by atoms with Crippen LogP contribution in [0.5, 0.6) is 0 Å². The Morgan fingerprint density at radius 1 is 0.400 bits per heavy atom. The van der Waals surface area contributed by atoms with Gasteiger partial charge < -0.3 is 0 Å². The molecule has 0 fully saturated rings. The minimum absolute atomic E-state index is 1.29. The highest BCUT2D eigenvalue weighted by Gasteiger charge is 2.13. The van der Waals surface area contributed by atoms with Crippen molar-refractivity contribution in [3.63, 3.8) is 0 Å². The van der Waals surface area contributed by atoms with Gasteiger partial charge >= 0.3 is 0 Å². The van der Waals surface area contributed by atoms with Crippen molar-refractivity contribution in [1.29, 1.82) is 0 Å². The average Bonchev–Trinajstić information content (AvgIpc) is 2.66. The lowest BCUT2D eigenvalue weighted by atomic mass is 9.87. The van der Waals surface area contributed by atoms with Crippen LogP contribution in [0, 0.1) is 41.5 Å². The predicted octanol–water partition coefficient (Wildman–Crippen LogP) is 8.54. The van der Waals surface area contributed by atoms with Gasteiger partial charge in [-0.25, -0.2) is 0 Å². The van der Waals surface area contributed by atoms with Crippen molar-refractivity contribution < 1.29 is 0 Å². The maximum Gasteiger partial charge on any atom is -0.00990 e. The van der Waals surface area contributed by atoms with E-state index in [1.54, 1.807) is 0 Å². The lowest BCUT2D eigenvalue weighted by Crippen LogP contribution is -1.93. The topological polar surface area (TPSA) is 0 Å². The molecule has 0 atom stereocenters. The monoisotopic (exact) mass is 390 g/mol. The normalized spacial score (nSPS) is 11.0. The van der Waals surface area contributed by atoms with Gasteiger partial charge in [-0.3, -0.25) is 0 Å². The Kier molecular flexibility index (Phi) is 5.35. The summed E-state index contributed by atoms with van der Waals surface area (Å²) in [6.45, 7) is 13.1. The molecule has 4 rings (SSSR count). The molecule has 0 aliphatic rings. The van der Waals surface area contributed by atoms with Gasteiger partial charge in [-0.1, -0.05) is 89.0 Å². The second kappa shape index (κ2) is 7.95. The molecule has 0 nitrogen and oxygen atoms in total. The minimum atomic E-state index is 1.29. The summed E-state index contributed by atoms with van der Waals surface area (Å²) in [5.74, 6) is 0. The van der Waals surface area contributed by atoms with E-state index < -0.39 is 0 Å². The molecule has 0 saturated carbocycles. The summed E-state index contributed by atoms with van der Waals surface area (Å²) in [5, 5.41) is 0. The molecule has 30 heavy (non-hydrogen) atoms. The summed E-state index contributed by atoms with van der Waals surface area (Å²) in [5.41, 5.74) is 15.6. The van der Waals surface area contributed by atoms with Crippen LogP contribution >= 0.6 is 0 Å². The lowest BCUT2D eigenvalue weighted by Gasteiger charge is -2.17. The fourth-order valence-electron chi connectivity index (χ4n) is 4.72. The van der Waals surface area contributed by atoms with Crippen molar-refractivity contribution in [2.75, 3.05) is 0 Å². The van der Waals surface area contributed by atoms with Crippen LogP contribution in [0.2, 0.25) is 0 Å². The summed E-state index contributed by atoms with van der Waals surface area (Å²) in [6.07, 6.45) is 0. The van der Waals surface area contributed by atoms with Gasteiger partial charge in [-0.2, -0.15) is 0 Å². The van der Waals surface area contributed by atoms with Crippen molar-refractivity contribution in [3.05, 3.63) is 106 Å². The standard InChI is InChI=1S/C30H30/c1-19-12-20(2)15-26(14-19)28-11-10-25(30-23(5)8-7-9-24(30)6)18-29(28)27-16-21(3)13-22(4)17-27/h7-18H,1-6H3. The number of benzene rings is 4. The molecule has 0 saturated heterocycles. The Hall–Kier alpha value is -3.12. The number of aryl methyl sites for hydroxylation is 6. The molecule has 0 aliphatic heterocycles. The summed E-state index contributed by atoms with van der Waals surface area (Å²) in [7, 11) is 0. The zero-order valence-corrected chi connectivity index (χ0v) is 18.9. The highest BCUT2D eigenvalue weighted by molar-refractivity contribution is 5.88. The molecule has 0 aromatic heterocycles. The summed E-state index contributed by atoms with van der Waals surface area (Å²) in [4.78, 5) is 0. The van der Waals surface area contributed by atoms with Crippen LogP contribution in [0.3, 0.4) is 0 Å².